The fraction of sp³-hybridized carbons (Fsp3) is 0.222. The molecule has 2 heterocycles. The van der Waals surface area contributed by atoms with Gasteiger partial charge in [-0.1, -0.05) is 36.4 Å². The number of ether oxygens (including phenoxy) is 1. The van der Waals surface area contributed by atoms with Crippen LogP contribution in [0, 0.1) is 0 Å². The number of rotatable bonds is 9. The molecule has 1 aromatic carbocycles. The molecule has 0 spiro atoms. The van der Waals surface area contributed by atoms with Crippen molar-refractivity contribution in [1.82, 2.24) is 20.1 Å². The Morgan fingerprint density at radius 2 is 2.06 bits per heavy atom. The average Bonchev–Trinajstić information content (AvgIpc) is 3.24. The first-order valence-electron chi connectivity index (χ1n) is 11.3. The highest BCUT2D eigenvalue weighted by Crippen LogP contribution is 2.24. The summed E-state index contributed by atoms with van der Waals surface area (Å²) in [5, 5.41) is 17.3. The summed E-state index contributed by atoms with van der Waals surface area (Å²) in [6, 6.07) is 14.7. The van der Waals surface area contributed by atoms with Crippen molar-refractivity contribution in [3.63, 3.8) is 0 Å². The number of aromatic amines is 1. The number of methoxy groups -OCH3 is 1. The van der Waals surface area contributed by atoms with Crippen molar-refractivity contribution in [2.75, 3.05) is 13.7 Å². The number of nitrogens with one attached hydrogen (secondary N) is 1. The number of nitrogens with zero attached hydrogens (tertiary/aromatic N) is 3. The smallest absolute Gasteiger partial charge is 0.256 e. The summed E-state index contributed by atoms with van der Waals surface area (Å²) in [6.07, 6.45) is 8.20. The van der Waals surface area contributed by atoms with E-state index in [9.17, 15) is 14.3 Å². The van der Waals surface area contributed by atoms with Crippen molar-refractivity contribution in [2.45, 2.75) is 25.6 Å². The minimum Gasteiger partial charge on any atom is -0.392 e. The number of aliphatic hydroxyl groups is 1. The van der Waals surface area contributed by atoms with Crippen molar-refractivity contribution < 1.29 is 19.0 Å². The Morgan fingerprint density at radius 1 is 1.23 bits per heavy atom. The summed E-state index contributed by atoms with van der Waals surface area (Å²) >= 11 is 0. The van der Waals surface area contributed by atoms with E-state index in [4.69, 9.17) is 4.74 Å². The molecular formula is C27H27FN4O3. The van der Waals surface area contributed by atoms with Crippen LogP contribution in [0.5, 0.6) is 0 Å². The third-order valence-corrected chi connectivity index (χ3v) is 5.74. The lowest BCUT2D eigenvalue weighted by atomic mass is 10.0. The van der Waals surface area contributed by atoms with Gasteiger partial charge in [0.15, 0.2) is 6.23 Å². The Morgan fingerprint density at radius 3 is 2.83 bits per heavy atom. The van der Waals surface area contributed by atoms with E-state index in [1.54, 1.807) is 36.5 Å². The zero-order chi connectivity index (χ0) is 24.6. The number of H-pyrrole nitrogens is 1. The van der Waals surface area contributed by atoms with Gasteiger partial charge < -0.3 is 14.7 Å². The van der Waals surface area contributed by atoms with Gasteiger partial charge in [0.1, 0.15) is 5.83 Å². The number of halogens is 1. The number of benzene rings is 1. The van der Waals surface area contributed by atoms with E-state index in [1.165, 1.54) is 24.2 Å². The van der Waals surface area contributed by atoms with E-state index >= 15 is 0 Å². The zero-order valence-corrected chi connectivity index (χ0v) is 19.4. The van der Waals surface area contributed by atoms with E-state index in [-0.39, 0.29) is 24.9 Å². The SMILES string of the molecule is COC(CO)N(Cc1ccccn1)C(=O)c1ccccc1Cc1cc(C2=CC=C(F)C=CC2)n[nH]1. The molecule has 35 heavy (non-hydrogen) atoms. The van der Waals surface area contributed by atoms with E-state index in [0.717, 1.165) is 22.5 Å². The van der Waals surface area contributed by atoms with Crippen LogP contribution in [0.15, 0.2) is 84.9 Å². The van der Waals surface area contributed by atoms with Gasteiger partial charge in [0.2, 0.25) is 0 Å². The first-order chi connectivity index (χ1) is 17.1. The van der Waals surface area contributed by atoms with Crippen LogP contribution < -0.4 is 0 Å². The van der Waals surface area contributed by atoms with Crippen molar-refractivity contribution in [2.24, 2.45) is 0 Å². The molecule has 0 saturated carbocycles. The molecule has 1 amide bonds. The van der Waals surface area contributed by atoms with Crippen LogP contribution in [0.3, 0.4) is 0 Å². The van der Waals surface area contributed by atoms with Crippen LogP contribution in [0.1, 0.15) is 39.4 Å². The van der Waals surface area contributed by atoms with Gasteiger partial charge in [0.05, 0.1) is 24.5 Å². The summed E-state index contributed by atoms with van der Waals surface area (Å²) in [6.45, 7) is -0.160. The van der Waals surface area contributed by atoms with Crippen molar-refractivity contribution in [3.05, 3.63) is 113 Å². The molecule has 1 unspecified atom stereocenters. The molecule has 0 bridgehead atoms. The summed E-state index contributed by atoms with van der Waals surface area (Å²) in [7, 11) is 1.45. The highest BCUT2D eigenvalue weighted by molar-refractivity contribution is 5.96. The number of hydrogen-bond donors (Lipinski definition) is 2. The largest absolute Gasteiger partial charge is 0.392 e. The average molecular weight is 475 g/mol. The molecule has 4 rings (SSSR count). The standard InChI is InChI=1S/C27H27FN4O3/c1-35-26(18-33)32(17-22-10-4-5-14-29-22)27(34)24-11-3-2-7-20(24)15-23-16-25(31-30-23)19-8-6-9-21(28)13-12-19/h2-7,9-14,16,26,33H,8,15,17-18H2,1H3,(H,30,31). The number of aromatic nitrogens is 3. The summed E-state index contributed by atoms with van der Waals surface area (Å²) in [5.74, 6) is -0.570. The number of hydrogen-bond acceptors (Lipinski definition) is 5. The van der Waals surface area contributed by atoms with Crippen LogP contribution >= 0.6 is 0 Å². The lowest BCUT2D eigenvalue weighted by Gasteiger charge is -2.30. The van der Waals surface area contributed by atoms with Gasteiger partial charge in [-0.3, -0.25) is 14.9 Å². The maximum atomic E-state index is 13.7. The van der Waals surface area contributed by atoms with Gasteiger partial charge in [0.25, 0.3) is 5.91 Å². The maximum absolute atomic E-state index is 13.7. The molecule has 2 N–H and O–H groups in total. The third-order valence-electron chi connectivity index (χ3n) is 5.74. The molecule has 0 fully saturated rings. The lowest BCUT2D eigenvalue weighted by Crippen LogP contribution is -2.43. The third kappa shape index (κ3) is 5.98. The summed E-state index contributed by atoms with van der Waals surface area (Å²) < 4.78 is 18.9. The lowest BCUT2D eigenvalue weighted by molar-refractivity contribution is -0.0535. The predicted octanol–water partition coefficient (Wildman–Crippen LogP) is 4.20. The predicted molar refractivity (Wildman–Crippen MR) is 131 cm³/mol. The van der Waals surface area contributed by atoms with Gasteiger partial charge >= 0.3 is 0 Å². The normalized spacial score (nSPS) is 14.1. The van der Waals surface area contributed by atoms with Crippen molar-refractivity contribution in [3.8, 4) is 0 Å². The van der Waals surface area contributed by atoms with Crippen LogP contribution in [0.25, 0.3) is 5.57 Å². The molecule has 1 atom stereocenters. The van der Waals surface area contributed by atoms with E-state index < -0.39 is 6.23 Å². The second-order valence-electron chi connectivity index (χ2n) is 8.09. The minimum atomic E-state index is -0.819. The number of aliphatic hydroxyl groups excluding tert-OH is 1. The summed E-state index contributed by atoms with van der Waals surface area (Å²) in [4.78, 5) is 19.5. The van der Waals surface area contributed by atoms with Crippen LogP contribution in [0.4, 0.5) is 4.39 Å². The Hall–Kier alpha value is -3.88. The first kappa shape index (κ1) is 24.3. The second-order valence-corrected chi connectivity index (χ2v) is 8.09. The van der Waals surface area contributed by atoms with Gasteiger partial charge in [0, 0.05) is 31.0 Å². The number of carbonyl (C=O) groups excluding carboxylic acids is 1. The Kier molecular flexibility index (Phi) is 7.97. The Balaban J connectivity index is 1.59. The molecule has 3 aromatic rings. The fourth-order valence-electron chi connectivity index (χ4n) is 3.92. The van der Waals surface area contributed by atoms with Crippen LogP contribution in [-0.4, -0.2) is 51.0 Å². The topological polar surface area (TPSA) is 91.3 Å². The van der Waals surface area contributed by atoms with Crippen molar-refractivity contribution >= 4 is 11.5 Å². The van der Waals surface area contributed by atoms with E-state index in [0.29, 0.717) is 24.1 Å². The molecule has 2 aromatic heterocycles. The molecule has 8 heteroatoms. The van der Waals surface area contributed by atoms with Gasteiger partial charge in [-0.05, 0) is 54.0 Å². The molecular weight excluding hydrogens is 447 g/mol. The highest BCUT2D eigenvalue weighted by Gasteiger charge is 2.26. The maximum Gasteiger partial charge on any atom is 0.256 e. The number of allylic oxidation sites excluding steroid dienone is 6. The van der Waals surface area contributed by atoms with Gasteiger partial charge in [-0.25, -0.2) is 4.39 Å². The van der Waals surface area contributed by atoms with Crippen LogP contribution in [0.2, 0.25) is 0 Å². The molecule has 7 nitrogen and oxygen atoms in total. The monoisotopic (exact) mass is 474 g/mol. The summed E-state index contributed by atoms with van der Waals surface area (Å²) in [5.41, 5.74) is 4.43. The molecule has 0 saturated heterocycles. The fourth-order valence-corrected chi connectivity index (χ4v) is 3.92. The minimum absolute atomic E-state index is 0.188. The number of amides is 1. The Bertz CT molecular complexity index is 1250. The van der Waals surface area contributed by atoms with Crippen LogP contribution in [-0.2, 0) is 17.7 Å². The zero-order valence-electron chi connectivity index (χ0n) is 19.4. The number of carbonyl (C=O) groups is 1. The quantitative estimate of drug-likeness (QED) is 0.454. The molecule has 180 valence electrons. The molecule has 0 aliphatic heterocycles. The number of pyridine rings is 1. The van der Waals surface area contributed by atoms with Crippen molar-refractivity contribution in [1.29, 1.82) is 0 Å². The Labute approximate surface area is 203 Å². The molecule has 0 radical (unpaired) electrons. The van der Waals surface area contributed by atoms with E-state index in [1.807, 2.05) is 30.3 Å². The first-order valence-corrected chi connectivity index (χ1v) is 11.3. The van der Waals surface area contributed by atoms with E-state index in [2.05, 4.69) is 15.2 Å². The molecule has 1 aliphatic carbocycles. The molecule has 1 aliphatic rings. The van der Waals surface area contributed by atoms with Gasteiger partial charge in [-0.15, -0.1) is 0 Å². The second kappa shape index (κ2) is 11.5. The highest BCUT2D eigenvalue weighted by atomic mass is 19.1. The van der Waals surface area contributed by atoms with Gasteiger partial charge in [-0.2, -0.15) is 5.10 Å².